The van der Waals surface area contributed by atoms with Crippen LogP contribution in [-0.2, 0) is 0 Å². The van der Waals surface area contributed by atoms with Crippen molar-refractivity contribution in [2.24, 2.45) is 0 Å². The van der Waals surface area contributed by atoms with Crippen molar-refractivity contribution < 1.29 is 4.79 Å². The van der Waals surface area contributed by atoms with Gasteiger partial charge in [-0.25, -0.2) is 4.98 Å². The number of piperidine rings is 1. The quantitative estimate of drug-likeness (QED) is 0.699. The number of nitrogens with zero attached hydrogens (tertiary/aromatic N) is 5. The average Bonchev–Trinajstić information content (AvgIpc) is 3.18. The Balaban J connectivity index is 1.41. The van der Waals surface area contributed by atoms with Gasteiger partial charge in [0, 0.05) is 57.4 Å². The molecular weight excluding hydrogens is 362 g/mol. The van der Waals surface area contributed by atoms with Gasteiger partial charge in [0.25, 0.3) is 0 Å². The van der Waals surface area contributed by atoms with Gasteiger partial charge < -0.3 is 9.80 Å². The maximum atomic E-state index is 12.6. The van der Waals surface area contributed by atoms with E-state index in [1.807, 2.05) is 0 Å². The number of hydrogen-bond donors (Lipinski definition) is 0. The highest BCUT2D eigenvalue weighted by Crippen LogP contribution is 2.26. The van der Waals surface area contributed by atoms with Crippen molar-refractivity contribution in [3.05, 3.63) is 24.5 Å². The standard InChI is InChI=1S/C23H35N5O/c1-3-4-5-6-23(29)28-18-24-21-8-7-20(17-22(21)28)26-11-9-19(10-12-26)27-15-13-25(2)14-16-27/h7-8,17-19H,3-6,9-16H2,1-2H3. The van der Waals surface area contributed by atoms with E-state index in [-0.39, 0.29) is 5.91 Å². The molecule has 158 valence electrons. The number of aromatic nitrogens is 2. The van der Waals surface area contributed by atoms with E-state index in [1.165, 1.54) is 44.7 Å². The number of fused-ring (bicyclic) bond motifs is 1. The molecule has 0 unspecified atom stereocenters. The third-order valence-corrected chi connectivity index (χ3v) is 6.68. The molecule has 4 rings (SSSR count). The van der Waals surface area contributed by atoms with Gasteiger partial charge in [0.15, 0.2) is 0 Å². The third kappa shape index (κ3) is 4.64. The Morgan fingerprint density at radius 1 is 1.07 bits per heavy atom. The topological polar surface area (TPSA) is 44.6 Å². The van der Waals surface area contributed by atoms with Crippen LogP contribution in [0.3, 0.4) is 0 Å². The number of hydrogen-bond acceptors (Lipinski definition) is 5. The summed E-state index contributed by atoms with van der Waals surface area (Å²) in [7, 11) is 2.22. The predicted octanol–water partition coefficient (Wildman–Crippen LogP) is 3.47. The Hall–Kier alpha value is -1.92. The van der Waals surface area contributed by atoms with Crippen LogP contribution in [-0.4, -0.2) is 77.6 Å². The van der Waals surface area contributed by atoms with E-state index in [0.29, 0.717) is 12.5 Å². The first-order valence-electron chi connectivity index (χ1n) is 11.3. The summed E-state index contributed by atoms with van der Waals surface area (Å²) in [5.74, 6) is 0.159. The fourth-order valence-corrected chi connectivity index (χ4v) is 4.71. The van der Waals surface area contributed by atoms with Crippen LogP contribution in [0.5, 0.6) is 0 Å². The number of anilines is 1. The first kappa shape index (κ1) is 20.4. The van der Waals surface area contributed by atoms with Crippen LogP contribution in [0.4, 0.5) is 5.69 Å². The monoisotopic (exact) mass is 397 g/mol. The molecule has 0 bridgehead atoms. The van der Waals surface area contributed by atoms with Crippen LogP contribution >= 0.6 is 0 Å². The Morgan fingerprint density at radius 2 is 1.83 bits per heavy atom. The summed E-state index contributed by atoms with van der Waals surface area (Å²) in [5.41, 5.74) is 3.08. The summed E-state index contributed by atoms with van der Waals surface area (Å²) in [6.45, 7) is 9.11. The first-order valence-corrected chi connectivity index (χ1v) is 11.3. The molecule has 6 heteroatoms. The van der Waals surface area contributed by atoms with Gasteiger partial charge in [0.05, 0.1) is 11.0 Å². The number of rotatable bonds is 6. The molecule has 1 aromatic carbocycles. The van der Waals surface area contributed by atoms with Crippen molar-refractivity contribution in [1.82, 2.24) is 19.4 Å². The van der Waals surface area contributed by atoms with Crippen LogP contribution in [0, 0.1) is 0 Å². The molecule has 0 atom stereocenters. The van der Waals surface area contributed by atoms with Crippen LogP contribution in [0.25, 0.3) is 11.0 Å². The molecular formula is C23H35N5O. The minimum Gasteiger partial charge on any atom is -0.371 e. The van der Waals surface area contributed by atoms with Gasteiger partial charge in [-0.1, -0.05) is 19.8 Å². The third-order valence-electron chi connectivity index (χ3n) is 6.68. The van der Waals surface area contributed by atoms with Gasteiger partial charge in [-0.2, -0.15) is 0 Å². The van der Waals surface area contributed by atoms with Crippen LogP contribution in [0.1, 0.15) is 50.2 Å². The largest absolute Gasteiger partial charge is 0.371 e. The summed E-state index contributed by atoms with van der Waals surface area (Å²) >= 11 is 0. The average molecular weight is 398 g/mol. The molecule has 0 N–H and O–H groups in total. The van der Waals surface area contributed by atoms with Crippen LogP contribution < -0.4 is 4.90 Å². The maximum absolute atomic E-state index is 12.6. The van der Waals surface area contributed by atoms with Gasteiger partial charge in [-0.05, 0) is 44.5 Å². The molecule has 2 aliphatic heterocycles. The summed E-state index contributed by atoms with van der Waals surface area (Å²) < 4.78 is 1.76. The summed E-state index contributed by atoms with van der Waals surface area (Å²) in [5, 5.41) is 0. The van der Waals surface area contributed by atoms with Crippen LogP contribution in [0.15, 0.2) is 24.5 Å². The zero-order valence-corrected chi connectivity index (χ0v) is 18.0. The Bertz CT molecular complexity index is 816. The molecule has 2 aliphatic rings. The molecule has 6 nitrogen and oxygen atoms in total. The van der Waals surface area contributed by atoms with Gasteiger partial charge >= 0.3 is 0 Å². The number of benzene rings is 1. The van der Waals surface area contributed by atoms with E-state index in [4.69, 9.17) is 0 Å². The second kappa shape index (κ2) is 9.26. The number of piperazine rings is 1. The first-order chi connectivity index (χ1) is 14.2. The summed E-state index contributed by atoms with van der Waals surface area (Å²) in [6.07, 6.45) is 7.92. The lowest BCUT2D eigenvalue weighted by atomic mass is 10.0. The normalized spacial score (nSPS) is 19.9. The van der Waals surface area contributed by atoms with E-state index < -0.39 is 0 Å². The molecule has 1 aromatic heterocycles. The molecule has 29 heavy (non-hydrogen) atoms. The molecule has 3 heterocycles. The van der Waals surface area contributed by atoms with Crippen molar-refractivity contribution in [3.63, 3.8) is 0 Å². The Kier molecular flexibility index (Phi) is 6.50. The summed E-state index contributed by atoms with van der Waals surface area (Å²) in [6, 6.07) is 7.11. The zero-order chi connectivity index (χ0) is 20.2. The molecule has 2 saturated heterocycles. The highest BCUT2D eigenvalue weighted by Gasteiger charge is 2.27. The molecule has 0 radical (unpaired) electrons. The Labute approximate surface area is 174 Å². The molecule has 0 amide bonds. The smallest absolute Gasteiger partial charge is 0.232 e. The number of imidazole rings is 1. The fraction of sp³-hybridized carbons (Fsp3) is 0.652. The van der Waals surface area contributed by atoms with Crippen molar-refractivity contribution in [1.29, 1.82) is 0 Å². The Morgan fingerprint density at radius 3 is 2.55 bits per heavy atom. The number of carbonyl (C=O) groups is 1. The SMILES string of the molecule is CCCCCC(=O)n1cnc2ccc(N3CCC(N4CCN(C)CC4)CC3)cc21. The van der Waals surface area contributed by atoms with Crippen molar-refractivity contribution in [2.75, 3.05) is 51.2 Å². The lowest BCUT2D eigenvalue weighted by molar-refractivity contribution is 0.0904. The number of unbranched alkanes of at least 4 members (excludes halogenated alkanes) is 2. The van der Waals surface area contributed by atoms with E-state index in [0.717, 1.165) is 43.4 Å². The van der Waals surface area contributed by atoms with E-state index in [1.54, 1.807) is 10.9 Å². The molecule has 2 fully saturated rings. The highest BCUT2D eigenvalue weighted by molar-refractivity contribution is 5.91. The van der Waals surface area contributed by atoms with E-state index in [9.17, 15) is 4.79 Å². The second-order valence-corrected chi connectivity index (χ2v) is 8.70. The molecule has 0 spiro atoms. The van der Waals surface area contributed by atoms with E-state index in [2.05, 4.69) is 51.9 Å². The van der Waals surface area contributed by atoms with Crippen LogP contribution in [0.2, 0.25) is 0 Å². The van der Waals surface area contributed by atoms with Gasteiger partial charge in [0.1, 0.15) is 6.33 Å². The maximum Gasteiger partial charge on any atom is 0.232 e. The molecule has 2 aromatic rings. The molecule has 0 saturated carbocycles. The minimum absolute atomic E-state index is 0.159. The minimum atomic E-state index is 0.159. The number of likely N-dealkylation sites (N-methyl/N-ethyl adjacent to an activating group) is 1. The van der Waals surface area contributed by atoms with Crippen molar-refractivity contribution >= 4 is 22.6 Å². The fourth-order valence-electron chi connectivity index (χ4n) is 4.71. The van der Waals surface area contributed by atoms with Gasteiger partial charge in [-0.15, -0.1) is 0 Å². The second-order valence-electron chi connectivity index (χ2n) is 8.70. The van der Waals surface area contributed by atoms with E-state index >= 15 is 0 Å². The number of carbonyl (C=O) groups excluding carboxylic acids is 1. The lowest BCUT2D eigenvalue weighted by Crippen LogP contribution is -2.52. The predicted molar refractivity (Wildman–Crippen MR) is 119 cm³/mol. The van der Waals surface area contributed by atoms with Crippen molar-refractivity contribution in [2.45, 2.75) is 51.5 Å². The van der Waals surface area contributed by atoms with Gasteiger partial charge in [0.2, 0.25) is 5.91 Å². The summed E-state index contributed by atoms with van der Waals surface area (Å²) in [4.78, 5) is 24.7. The van der Waals surface area contributed by atoms with Gasteiger partial charge in [-0.3, -0.25) is 14.3 Å². The highest BCUT2D eigenvalue weighted by atomic mass is 16.2. The zero-order valence-electron chi connectivity index (χ0n) is 18.0. The van der Waals surface area contributed by atoms with Crippen molar-refractivity contribution in [3.8, 4) is 0 Å². The lowest BCUT2D eigenvalue weighted by Gasteiger charge is -2.42. The molecule has 0 aliphatic carbocycles.